The minimum absolute atomic E-state index is 0.159. The molecule has 2 rings (SSSR count). The molecule has 2 aromatic rings. The van der Waals surface area contributed by atoms with Gasteiger partial charge in [0.05, 0.1) is 7.11 Å². The van der Waals surface area contributed by atoms with E-state index < -0.39 is 0 Å². The number of para-hydroxylation sites is 1. The number of rotatable bonds is 7. The number of hydrazone groups is 1. The molecular formula is C19H27N9O+2. The number of amidine groups is 1. The topological polar surface area (TPSA) is 167 Å². The van der Waals surface area contributed by atoms with Gasteiger partial charge in [-0.25, -0.2) is 16.3 Å². The lowest BCUT2D eigenvalue weighted by Gasteiger charge is -2.05. The molecule has 0 fully saturated rings. The number of hydrogen-bond donors (Lipinski definition) is 7. The van der Waals surface area contributed by atoms with Crippen LogP contribution in [0, 0.1) is 0 Å². The summed E-state index contributed by atoms with van der Waals surface area (Å²) >= 11 is 0. The van der Waals surface area contributed by atoms with Crippen molar-refractivity contribution in [2.45, 2.75) is 6.54 Å². The van der Waals surface area contributed by atoms with Crippen molar-refractivity contribution in [2.24, 2.45) is 27.3 Å². The lowest BCUT2D eigenvalue weighted by molar-refractivity contribution is -0.491. The average Bonchev–Trinajstić information content (AvgIpc) is 2.72. The first-order chi connectivity index (χ1) is 14.1. The number of hydrogen-bond acceptors (Lipinski definition) is 6. The summed E-state index contributed by atoms with van der Waals surface area (Å²) in [6.07, 6.45) is 2.94. The summed E-state index contributed by atoms with van der Waals surface area (Å²) in [5, 5.41) is 5.75. The second-order valence-corrected chi connectivity index (χ2v) is 5.77. The van der Waals surface area contributed by atoms with Crippen molar-refractivity contribution < 1.29 is 15.0 Å². The van der Waals surface area contributed by atoms with Crippen LogP contribution in [0.25, 0.3) is 0 Å². The molecule has 0 spiro atoms. The fraction of sp³-hybridized carbons (Fsp3) is 0.105. The molecule has 0 unspecified atom stereocenters. The molecule has 29 heavy (non-hydrogen) atoms. The predicted octanol–water partition coefficient (Wildman–Crippen LogP) is -2.32. The number of guanidine groups is 2. The molecule has 0 aliphatic carbocycles. The van der Waals surface area contributed by atoms with Crippen LogP contribution in [0.1, 0.15) is 5.56 Å². The van der Waals surface area contributed by atoms with Gasteiger partial charge in [-0.3, -0.25) is 5.73 Å². The van der Waals surface area contributed by atoms with Crippen molar-refractivity contribution in [1.29, 1.82) is 0 Å². The van der Waals surface area contributed by atoms with E-state index in [2.05, 4.69) is 26.0 Å². The maximum Gasteiger partial charge on any atom is 0.369 e. The van der Waals surface area contributed by atoms with Gasteiger partial charge in [-0.05, 0) is 29.8 Å². The first-order valence-electron chi connectivity index (χ1n) is 8.81. The first kappa shape index (κ1) is 21.4. The molecule has 10 heteroatoms. The van der Waals surface area contributed by atoms with Gasteiger partial charge in [0.1, 0.15) is 11.4 Å². The number of nitrogens with zero attached hydrogens (tertiary/aromatic N) is 2. The average molecular weight is 397 g/mol. The first-order valence-corrected chi connectivity index (χ1v) is 8.81. The fourth-order valence-corrected chi connectivity index (χ4v) is 2.22. The van der Waals surface area contributed by atoms with E-state index in [0.29, 0.717) is 18.1 Å². The molecule has 11 N–H and O–H groups in total. The van der Waals surface area contributed by atoms with Gasteiger partial charge in [0, 0.05) is 18.8 Å². The Kier molecular flexibility index (Phi) is 8.67. The number of nitrogens with one attached hydrogen (secondary N) is 3. The zero-order valence-corrected chi connectivity index (χ0v) is 16.2. The van der Waals surface area contributed by atoms with Gasteiger partial charge in [-0.2, -0.15) is 4.99 Å². The van der Waals surface area contributed by atoms with Crippen LogP contribution in [-0.2, 0) is 6.54 Å². The highest BCUT2D eigenvalue weighted by atomic mass is 16.5. The maximum absolute atomic E-state index is 5.96. The van der Waals surface area contributed by atoms with E-state index in [1.54, 1.807) is 18.5 Å². The Labute approximate surface area is 169 Å². The molecule has 0 atom stereocenters. The molecule has 0 amide bonds. The van der Waals surface area contributed by atoms with Gasteiger partial charge >= 0.3 is 11.9 Å². The van der Waals surface area contributed by atoms with Crippen LogP contribution in [0.2, 0.25) is 0 Å². The summed E-state index contributed by atoms with van der Waals surface area (Å²) < 4.78 is 5.13. The third-order valence-corrected chi connectivity index (χ3v) is 3.56. The van der Waals surface area contributed by atoms with Crippen LogP contribution in [0.4, 0.5) is 5.69 Å². The molecule has 0 aliphatic heterocycles. The molecular weight excluding hydrogens is 370 g/mol. The molecule has 0 saturated heterocycles. The van der Waals surface area contributed by atoms with Gasteiger partial charge in [0.15, 0.2) is 0 Å². The zero-order chi connectivity index (χ0) is 20.9. The minimum Gasteiger partial charge on any atom is -0.497 e. The molecule has 0 saturated carbocycles. The molecule has 152 valence electrons. The van der Waals surface area contributed by atoms with Gasteiger partial charge in [-0.15, -0.1) is 10.1 Å². The molecule has 0 aliphatic rings. The largest absolute Gasteiger partial charge is 0.497 e. The highest BCUT2D eigenvalue weighted by Crippen LogP contribution is 2.10. The van der Waals surface area contributed by atoms with Gasteiger partial charge in [-0.1, -0.05) is 30.3 Å². The lowest BCUT2D eigenvalue weighted by Crippen LogP contribution is -3.06. The highest BCUT2D eigenvalue weighted by Gasteiger charge is 2.08. The number of ether oxygens (including phenoxy) is 1. The zero-order valence-electron chi connectivity index (χ0n) is 16.2. The summed E-state index contributed by atoms with van der Waals surface area (Å²) in [7, 11) is 1.63. The van der Waals surface area contributed by atoms with Crippen molar-refractivity contribution in [2.75, 3.05) is 7.11 Å². The number of hydrazine groups is 1. The Morgan fingerprint density at radius 1 is 1.14 bits per heavy atom. The molecule has 0 bridgehead atoms. The van der Waals surface area contributed by atoms with Crippen LogP contribution in [0.3, 0.4) is 0 Å². The third-order valence-electron chi connectivity index (χ3n) is 3.56. The Balaban J connectivity index is 1.91. The smallest absolute Gasteiger partial charge is 0.369 e. The van der Waals surface area contributed by atoms with Crippen molar-refractivity contribution in [1.82, 2.24) is 11.0 Å². The number of nitrogens with two attached hydrogens (primary N) is 4. The van der Waals surface area contributed by atoms with Crippen molar-refractivity contribution in [3.63, 3.8) is 0 Å². The molecule has 2 aromatic carbocycles. The standard InChI is InChI=1S/C19H25N9O/c1-29-16-9-7-14(8-10-16)13-23-28-27-17(11-12-20)25-19(22)26-18(21)24-15-5-3-2-4-6-15/h2-12,23,28H,13,20H2,1H3,(H5,21,22,24,25,26,27)/p+2. The van der Waals surface area contributed by atoms with E-state index in [4.69, 9.17) is 21.9 Å². The van der Waals surface area contributed by atoms with Crippen LogP contribution in [0.15, 0.2) is 77.0 Å². The van der Waals surface area contributed by atoms with Crippen molar-refractivity contribution in [3.8, 4) is 5.75 Å². The van der Waals surface area contributed by atoms with E-state index in [1.165, 1.54) is 6.20 Å². The van der Waals surface area contributed by atoms with Crippen molar-refractivity contribution >= 4 is 23.4 Å². The SMILES string of the molecule is COc1ccc(CNNN=C(C=CN)[NH2+]C(N)=[NH+]C(N)=Nc2ccccc2)cc1. The monoisotopic (exact) mass is 397 g/mol. The van der Waals surface area contributed by atoms with Gasteiger partial charge in [0.25, 0.3) is 5.84 Å². The molecule has 0 aromatic heterocycles. The van der Waals surface area contributed by atoms with Crippen LogP contribution in [0.5, 0.6) is 5.75 Å². The Hall–Kier alpha value is -3.89. The number of quaternary nitrogens is 1. The second-order valence-electron chi connectivity index (χ2n) is 5.77. The maximum atomic E-state index is 5.96. The third kappa shape index (κ3) is 8.12. The van der Waals surface area contributed by atoms with Crippen molar-refractivity contribution in [3.05, 3.63) is 72.4 Å². The van der Waals surface area contributed by atoms with Gasteiger partial charge in [0.2, 0.25) is 0 Å². The van der Waals surface area contributed by atoms with E-state index in [-0.39, 0.29) is 11.9 Å². The second kappa shape index (κ2) is 11.7. The van der Waals surface area contributed by atoms with Crippen LogP contribution >= 0.6 is 0 Å². The summed E-state index contributed by atoms with van der Waals surface area (Å²) in [5.74, 6) is 1.70. The highest BCUT2D eigenvalue weighted by molar-refractivity contribution is 5.90. The quantitative estimate of drug-likeness (QED) is 0.120. The summed E-state index contributed by atoms with van der Waals surface area (Å²) in [4.78, 5) is 7.01. The Morgan fingerprint density at radius 3 is 2.52 bits per heavy atom. The summed E-state index contributed by atoms with van der Waals surface area (Å²) in [5.41, 5.74) is 24.8. The van der Waals surface area contributed by atoms with E-state index >= 15 is 0 Å². The van der Waals surface area contributed by atoms with Crippen LogP contribution in [-0.4, -0.2) is 24.9 Å². The Morgan fingerprint density at radius 2 is 1.86 bits per heavy atom. The normalized spacial score (nSPS) is 12.9. The fourth-order valence-electron chi connectivity index (χ4n) is 2.22. The van der Waals surface area contributed by atoms with E-state index in [9.17, 15) is 0 Å². The molecule has 0 heterocycles. The number of methoxy groups -OCH3 is 1. The summed E-state index contributed by atoms with van der Waals surface area (Å²) in [6, 6.07) is 17.0. The van der Waals surface area contributed by atoms with E-state index in [0.717, 1.165) is 11.3 Å². The molecule has 10 nitrogen and oxygen atoms in total. The minimum atomic E-state index is 0.159. The molecule has 0 radical (unpaired) electrons. The van der Waals surface area contributed by atoms with Gasteiger partial charge < -0.3 is 16.2 Å². The summed E-state index contributed by atoms with van der Waals surface area (Å²) in [6.45, 7) is 0.557. The lowest BCUT2D eigenvalue weighted by atomic mass is 10.2. The number of aliphatic imine (C=N–C) groups is 1. The Bertz CT molecular complexity index is 874. The number of benzene rings is 2. The van der Waals surface area contributed by atoms with Crippen LogP contribution < -0.4 is 43.2 Å². The predicted molar refractivity (Wildman–Crippen MR) is 114 cm³/mol. The van der Waals surface area contributed by atoms with E-state index in [1.807, 2.05) is 54.6 Å².